The normalized spacial score (nSPS) is 24.5. The molecule has 1 aliphatic heterocycles. The zero-order chi connectivity index (χ0) is 15.6. The average Bonchev–Trinajstić information content (AvgIpc) is 2.45. The second-order valence-corrected chi connectivity index (χ2v) is 8.24. The maximum absolute atomic E-state index is 10.2. The summed E-state index contributed by atoms with van der Waals surface area (Å²) in [6.45, 7) is 7.97. The highest BCUT2D eigenvalue weighted by Gasteiger charge is 2.50. The van der Waals surface area contributed by atoms with Gasteiger partial charge in [-0.1, -0.05) is 0 Å². The van der Waals surface area contributed by atoms with Crippen molar-refractivity contribution in [3.8, 4) is 0 Å². The van der Waals surface area contributed by atoms with Crippen LogP contribution in [0, 0.1) is 0 Å². The van der Waals surface area contributed by atoms with Gasteiger partial charge in [0.15, 0.2) is 0 Å². The summed E-state index contributed by atoms with van der Waals surface area (Å²) in [5, 5.41) is 0. The Bertz CT molecular complexity index is 333. The summed E-state index contributed by atoms with van der Waals surface area (Å²) >= 11 is 0. The Labute approximate surface area is 128 Å². The van der Waals surface area contributed by atoms with Gasteiger partial charge in [-0.15, -0.1) is 0 Å². The molecular formula is C14H27NO5Si. The molecule has 0 aliphatic carbocycles. The molecule has 1 heterocycles. The van der Waals surface area contributed by atoms with Gasteiger partial charge in [0.1, 0.15) is 0 Å². The van der Waals surface area contributed by atoms with Gasteiger partial charge in [0, 0.05) is 26.2 Å². The van der Waals surface area contributed by atoms with Crippen LogP contribution < -0.4 is 0 Å². The minimum atomic E-state index is -2.38. The molecule has 1 saturated heterocycles. The average molecular weight is 317 g/mol. The lowest BCUT2D eigenvalue weighted by Gasteiger charge is -2.45. The zero-order valence-corrected chi connectivity index (χ0v) is 14.4. The third-order valence-corrected chi connectivity index (χ3v) is 7.14. The Morgan fingerprint density at radius 2 is 1.95 bits per heavy atom. The van der Waals surface area contributed by atoms with E-state index in [4.69, 9.17) is 18.3 Å². The van der Waals surface area contributed by atoms with E-state index in [1.165, 1.54) is 0 Å². The number of nitrogens with zero attached hydrogens (tertiary/aromatic N) is 1. The third-order valence-electron chi connectivity index (χ3n) is 3.41. The first-order valence-electron chi connectivity index (χ1n) is 7.81. The van der Waals surface area contributed by atoms with Gasteiger partial charge in [0.25, 0.3) is 5.97 Å². The van der Waals surface area contributed by atoms with Crippen molar-refractivity contribution in [2.75, 3.05) is 26.4 Å². The first-order valence-corrected chi connectivity index (χ1v) is 10.0. The summed E-state index contributed by atoms with van der Waals surface area (Å²) < 4.78 is 23.8. The minimum absolute atomic E-state index is 0.463. The number of hydrogen-bond donors (Lipinski definition) is 0. The first-order chi connectivity index (χ1) is 10.2. The van der Waals surface area contributed by atoms with Crippen LogP contribution in [0.25, 0.3) is 0 Å². The molecule has 0 aromatic rings. The predicted molar refractivity (Wildman–Crippen MR) is 80.9 cm³/mol. The minimum Gasteiger partial charge on any atom is -0.394 e. The van der Waals surface area contributed by atoms with Gasteiger partial charge in [0.05, 0.1) is 6.54 Å². The van der Waals surface area contributed by atoms with Crippen LogP contribution in [0.4, 0.5) is 0 Å². The molecule has 0 saturated carbocycles. The topological polar surface area (TPSA) is 66.4 Å². The standard InChI is InChI=1S/C14H27NO5Si/c1-4-17-14(18-5-2)9-7-11-21(20-14,19-6-3)12-8-10-15-13-16/h4-12H2,1-3H3. The molecule has 0 spiro atoms. The molecule has 0 N–H and O–H groups in total. The van der Waals surface area contributed by atoms with E-state index in [1.54, 1.807) is 6.08 Å². The van der Waals surface area contributed by atoms with Gasteiger partial charge in [-0.3, -0.25) is 0 Å². The predicted octanol–water partition coefficient (Wildman–Crippen LogP) is 2.73. The van der Waals surface area contributed by atoms with Crippen LogP contribution in [-0.2, 0) is 23.1 Å². The molecule has 1 rings (SSSR count). The molecule has 0 aromatic heterocycles. The molecule has 1 aliphatic rings. The lowest BCUT2D eigenvalue weighted by Crippen LogP contribution is -2.56. The second-order valence-electron chi connectivity index (χ2n) is 4.92. The van der Waals surface area contributed by atoms with Crippen molar-refractivity contribution in [1.82, 2.24) is 0 Å². The van der Waals surface area contributed by atoms with Crippen LogP contribution in [-0.4, -0.2) is 47.0 Å². The van der Waals surface area contributed by atoms with Crippen LogP contribution in [0.1, 0.15) is 40.0 Å². The number of ether oxygens (including phenoxy) is 2. The fourth-order valence-corrected chi connectivity index (χ4v) is 6.26. The number of hydrogen-bond acceptors (Lipinski definition) is 6. The second kappa shape index (κ2) is 9.45. The fourth-order valence-electron chi connectivity index (χ4n) is 2.73. The Hall–Kier alpha value is -0.563. The Balaban J connectivity index is 2.77. The van der Waals surface area contributed by atoms with E-state index >= 15 is 0 Å². The van der Waals surface area contributed by atoms with Crippen LogP contribution in [0.5, 0.6) is 0 Å². The number of isocyanates is 1. The monoisotopic (exact) mass is 317 g/mol. The van der Waals surface area contributed by atoms with Crippen molar-refractivity contribution in [2.24, 2.45) is 4.99 Å². The molecule has 0 amide bonds. The summed E-state index contributed by atoms with van der Waals surface area (Å²) in [5.41, 5.74) is 0. The molecule has 1 atom stereocenters. The van der Waals surface area contributed by atoms with Crippen molar-refractivity contribution >= 4 is 14.6 Å². The van der Waals surface area contributed by atoms with E-state index in [2.05, 4.69) is 4.99 Å². The lowest BCUT2D eigenvalue weighted by molar-refractivity contribution is -0.358. The lowest BCUT2D eigenvalue weighted by atomic mass is 10.3. The van der Waals surface area contributed by atoms with E-state index < -0.39 is 14.5 Å². The van der Waals surface area contributed by atoms with Crippen LogP contribution in [0.3, 0.4) is 0 Å². The molecular weight excluding hydrogens is 290 g/mol. The Kier molecular flexibility index (Phi) is 8.32. The molecule has 21 heavy (non-hydrogen) atoms. The van der Waals surface area contributed by atoms with Crippen LogP contribution in [0.15, 0.2) is 4.99 Å². The van der Waals surface area contributed by atoms with Gasteiger partial charge in [-0.25, -0.2) is 9.79 Å². The van der Waals surface area contributed by atoms with E-state index in [0.717, 1.165) is 31.4 Å². The molecule has 0 bridgehead atoms. The number of carbonyl (C=O) groups excluding carboxylic acids is 1. The maximum atomic E-state index is 10.2. The molecule has 122 valence electrons. The Morgan fingerprint density at radius 3 is 2.52 bits per heavy atom. The van der Waals surface area contributed by atoms with Crippen molar-refractivity contribution in [2.45, 2.75) is 58.1 Å². The maximum Gasteiger partial charge on any atom is 0.342 e. The summed E-state index contributed by atoms with van der Waals surface area (Å²) in [7, 11) is -2.38. The van der Waals surface area contributed by atoms with E-state index in [9.17, 15) is 4.79 Å². The molecule has 1 fully saturated rings. The molecule has 0 aromatic carbocycles. The van der Waals surface area contributed by atoms with E-state index in [-0.39, 0.29) is 0 Å². The van der Waals surface area contributed by atoms with Crippen molar-refractivity contribution < 1.29 is 23.1 Å². The largest absolute Gasteiger partial charge is 0.394 e. The third kappa shape index (κ3) is 5.62. The van der Waals surface area contributed by atoms with E-state index in [0.29, 0.717) is 26.4 Å². The molecule has 6 nitrogen and oxygen atoms in total. The highest BCUT2D eigenvalue weighted by molar-refractivity contribution is 6.67. The quantitative estimate of drug-likeness (QED) is 0.204. The van der Waals surface area contributed by atoms with Crippen molar-refractivity contribution in [3.63, 3.8) is 0 Å². The molecule has 0 radical (unpaired) electrons. The highest BCUT2D eigenvalue weighted by atomic mass is 28.4. The van der Waals surface area contributed by atoms with Crippen LogP contribution >= 0.6 is 0 Å². The Morgan fingerprint density at radius 1 is 1.24 bits per heavy atom. The van der Waals surface area contributed by atoms with E-state index in [1.807, 2.05) is 20.8 Å². The number of rotatable bonds is 10. The van der Waals surface area contributed by atoms with Gasteiger partial charge >= 0.3 is 8.56 Å². The van der Waals surface area contributed by atoms with Gasteiger partial charge < -0.3 is 18.3 Å². The van der Waals surface area contributed by atoms with Gasteiger partial charge in [-0.2, -0.15) is 0 Å². The number of aliphatic imine (C=N–C) groups is 1. The summed E-state index contributed by atoms with van der Waals surface area (Å²) in [4.78, 5) is 13.8. The smallest absolute Gasteiger partial charge is 0.342 e. The van der Waals surface area contributed by atoms with Crippen molar-refractivity contribution in [3.05, 3.63) is 0 Å². The highest BCUT2D eigenvalue weighted by Crippen LogP contribution is 2.38. The van der Waals surface area contributed by atoms with Gasteiger partial charge in [-0.05, 0) is 45.7 Å². The summed E-state index contributed by atoms with van der Waals surface area (Å²) in [5.74, 6) is -0.961. The first kappa shape index (κ1) is 18.5. The summed E-state index contributed by atoms with van der Waals surface area (Å²) in [6.07, 6.45) is 4.01. The molecule has 1 unspecified atom stereocenters. The summed E-state index contributed by atoms with van der Waals surface area (Å²) in [6, 6.07) is 1.71. The SMILES string of the molecule is CCOC1(OCC)CCC[Si](CCCN=C=O)(OCC)O1. The van der Waals surface area contributed by atoms with Crippen molar-refractivity contribution in [1.29, 1.82) is 0 Å². The zero-order valence-electron chi connectivity index (χ0n) is 13.4. The molecule has 7 heteroatoms. The van der Waals surface area contributed by atoms with Crippen LogP contribution in [0.2, 0.25) is 12.1 Å². The van der Waals surface area contributed by atoms with Gasteiger partial charge in [0.2, 0.25) is 6.08 Å². The fraction of sp³-hybridized carbons (Fsp3) is 0.929.